The van der Waals surface area contributed by atoms with Crippen molar-refractivity contribution in [2.75, 3.05) is 10.6 Å². The average molecular weight is 572 g/mol. The molecule has 5 aromatic rings. The topological polar surface area (TPSA) is 115 Å². The minimum atomic E-state index is -4.57. The maximum Gasteiger partial charge on any atom is 0.416 e. The van der Waals surface area contributed by atoms with Crippen molar-refractivity contribution < 1.29 is 18.0 Å². The van der Waals surface area contributed by atoms with E-state index < -0.39 is 23.3 Å². The van der Waals surface area contributed by atoms with Crippen LogP contribution in [0.3, 0.4) is 0 Å². The summed E-state index contributed by atoms with van der Waals surface area (Å²) >= 11 is 0. The van der Waals surface area contributed by atoms with Crippen LogP contribution in [0.2, 0.25) is 0 Å². The quantitative estimate of drug-likeness (QED) is 0.254. The first-order chi connectivity index (χ1) is 20.1. The molecule has 0 saturated heterocycles. The molecule has 1 aliphatic rings. The molecule has 6 rings (SSSR count). The standard InChI is InChI=1S/C30H24F3N7O2/c1-16-6-10-21(36-27(41)19-4-3-5-20(12-19)30(31,32)33)13-24(16)40-25(18-8-9-18)23-15-35-28(38-26(23)39-29(40)42)37-22-11-7-17(2)34-14-22/h3-7,10-15,18H,8-9H2,1-2H3,(H,36,41)(H,37,38,39,42). The van der Waals surface area contributed by atoms with Crippen LogP contribution < -0.4 is 16.3 Å². The summed E-state index contributed by atoms with van der Waals surface area (Å²) in [6.07, 6.45) is 0.468. The van der Waals surface area contributed by atoms with E-state index in [4.69, 9.17) is 0 Å². The molecule has 2 aromatic carbocycles. The molecule has 1 fully saturated rings. The first-order valence-electron chi connectivity index (χ1n) is 13.2. The van der Waals surface area contributed by atoms with Gasteiger partial charge < -0.3 is 10.6 Å². The summed E-state index contributed by atoms with van der Waals surface area (Å²) in [5.74, 6) is -0.343. The summed E-state index contributed by atoms with van der Waals surface area (Å²) in [4.78, 5) is 43.8. The molecular formula is C30H24F3N7O2. The minimum Gasteiger partial charge on any atom is -0.323 e. The van der Waals surface area contributed by atoms with E-state index in [2.05, 4.69) is 30.6 Å². The van der Waals surface area contributed by atoms with Crippen LogP contribution in [0.4, 0.5) is 30.5 Å². The van der Waals surface area contributed by atoms with Crippen molar-refractivity contribution >= 4 is 34.3 Å². The Kier molecular flexibility index (Phi) is 6.68. The normalized spacial score (nSPS) is 13.3. The summed E-state index contributed by atoms with van der Waals surface area (Å²) in [6, 6.07) is 12.9. The largest absolute Gasteiger partial charge is 0.416 e. The zero-order valence-electron chi connectivity index (χ0n) is 22.5. The van der Waals surface area contributed by atoms with Gasteiger partial charge in [0.25, 0.3) is 5.91 Å². The highest BCUT2D eigenvalue weighted by Gasteiger charge is 2.32. The third kappa shape index (κ3) is 5.42. The lowest BCUT2D eigenvalue weighted by atomic mass is 10.1. The van der Waals surface area contributed by atoms with Crippen molar-refractivity contribution in [3.8, 4) is 5.69 Å². The van der Waals surface area contributed by atoms with Crippen LogP contribution in [0, 0.1) is 13.8 Å². The first-order valence-corrected chi connectivity index (χ1v) is 13.2. The van der Waals surface area contributed by atoms with Crippen molar-refractivity contribution in [1.82, 2.24) is 24.5 Å². The van der Waals surface area contributed by atoms with Gasteiger partial charge in [-0.15, -0.1) is 0 Å². The number of hydrogen-bond donors (Lipinski definition) is 2. The van der Waals surface area contributed by atoms with Gasteiger partial charge in [-0.3, -0.25) is 14.3 Å². The number of carbonyl (C=O) groups excluding carboxylic acids is 1. The molecule has 1 aliphatic carbocycles. The van der Waals surface area contributed by atoms with Crippen LogP contribution in [0.5, 0.6) is 0 Å². The zero-order chi connectivity index (χ0) is 29.6. The molecule has 0 bridgehead atoms. The number of carbonyl (C=O) groups is 1. The third-order valence-corrected chi connectivity index (χ3v) is 6.97. The van der Waals surface area contributed by atoms with Gasteiger partial charge in [-0.1, -0.05) is 12.1 Å². The average Bonchev–Trinajstić information content (AvgIpc) is 3.80. The number of fused-ring (bicyclic) bond motifs is 1. The highest BCUT2D eigenvalue weighted by atomic mass is 19.4. The van der Waals surface area contributed by atoms with Gasteiger partial charge in [-0.05, 0) is 74.7 Å². The number of aryl methyl sites for hydroxylation is 2. The van der Waals surface area contributed by atoms with Gasteiger partial charge in [-0.2, -0.15) is 23.1 Å². The van der Waals surface area contributed by atoms with Crippen molar-refractivity contribution in [2.45, 2.75) is 38.8 Å². The monoisotopic (exact) mass is 571 g/mol. The second-order valence-electron chi connectivity index (χ2n) is 10.2. The fourth-order valence-electron chi connectivity index (χ4n) is 4.69. The minimum absolute atomic E-state index is 0.0923. The second-order valence-corrected chi connectivity index (χ2v) is 10.2. The molecule has 3 heterocycles. The molecule has 0 spiro atoms. The predicted octanol–water partition coefficient (Wildman–Crippen LogP) is 6.08. The Balaban J connectivity index is 1.37. The van der Waals surface area contributed by atoms with E-state index in [-0.39, 0.29) is 23.1 Å². The lowest BCUT2D eigenvalue weighted by Gasteiger charge is -2.18. The zero-order valence-corrected chi connectivity index (χ0v) is 22.5. The van der Waals surface area contributed by atoms with Gasteiger partial charge in [0.2, 0.25) is 5.95 Å². The molecule has 42 heavy (non-hydrogen) atoms. The van der Waals surface area contributed by atoms with E-state index in [0.717, 1.165) is 41.9 Å². The summed E-state index contributed by atoms with van der Waals surface area (Å²) < 4.78 is 41.0. The first kappa shape index (κ1) is 27.1. The van der Waals surface area contributed by atoms with E-state index in [1.165, 1.54) is 16.7 Å². The molecule has 2 N–H and O–H groups in total. The van der Waals surface area contributed by atoms with Gasteiger partial charge in [0.15, 0.2) is 5.65 Å². The van der Waals surface area contributed by atoms with Crippen LogP contribution in [-0.4, -0.2) is 30.4 Å². The number of pyridine rings is 1. The van der Waals surface area contributed by atoms with E-state index in [1.807, 2.05) is 26.0 Å². The van der Waals surface area contributed by atoms with E-state index in [1.54, 1.807) is 30.6 Å². The second kappa shape index (κ2) is 10.4. The van der Waals surface area contributed by atoms with Crippen LogP contribution in [0.25, 0.3) is 16.7 Å². The van der Waals surface area contributed by atoms with Crippen LogP contribution in [-0.2, 0) is 6.18 Å². The summed E-state index contributed by atoms with van der Waals surface area (Å²) in [5, 5.41) is 6.35. The fourth-order valence-corrected chi connectivity index (χ4v) is 4.69. The van der Waals surface area contributed by atoms with Gasteiger partial charge >= 0.3 is 11.9 Å². The lowest BCUT2D eigenvalue weighted by Crippen LogP contribution is -2.26. The van der Waals surface area contributed by atoms with E-state index in [0.29, 0.717) is 22.4 Å². The van der Waals surface area contributed by atoms with Gasteiger partial charge in [-0.25, -0.2) is 9.78 Å². The Morgan fingerprint density at radius 3 is 2.45 bits per heavy atom. The lowest BCUT2D eigenvalue weighted by molar-refractivity contribution is -0.137. The third-order valence-electron chi connectivity index (χ3n) is 6.97. The maximum atomic E-state index is 13.5. The molecule has 0 aliphatic heterocycles. The number of nitrogens with zero attached hydrogens (tertiary/aromatic N) is 5. The number of alkyl halides is 3. The van der Waals surface area contributed by atoms with E-state index >= 15 is 0 Å². The highest BCUT2D eigenvalue weighted by molar-refractivity contribution is 6.04. The van der Waals surface area contributed by atoms with Crippen LogP contribution in [0.1, 0.15) is 51.6 Å². The molecule has 9 nitrogen and oxygen atoms in total. The molecule has 0 atom stereocenters. The summed E-state index contributed by atoms with van der Waals surface area (Å²) in [5.41, 5.74) is 2.47. The Hall–Kier alpha value is -5.13. The van der Waals surface area contributed by atoms with E-state index in [9.17, 15) is 22.8 Å². The molecule has 3 aromatic heterocycles. The van der Waals surface area contributed by atoms with Crippen LogP contribution in [0.15, 0.2) is 71.8 Å². The number of amides is 1. The Morgan fingerprint density at radius 2 is 1.74 bits per heavy atom. The number of benzene rings is 2. The summed E-state index contributed by atoms with van der Waals surface area (Å²) in [7, 11) is 0. The maximum absolute atomic E-state index is 13.5. The number of hydrogen-bond acceptors (Lipinski definition) is 7. The van der Waals surface area contributed by atoms with Gasteiger partial charge in [0.05, 0.1) is 28.5 Å². The smallest absolute Gasteiger partial charge is 0.323 e. The number of anilines is 3. The Bertz CT molecular complexity index is 1900. The molecule has 212 valence electrons. The SMILES string of the molecule is Cc1ccc(Nc2ncc3c(C4CC4)n(-c4cc(NC(=O)c5cccc(C(F)(F)F)c5)ccc4C)c(=O)nc3n2)cn1. The number of nitrogens with one attached hydrogen (secondary N) is 2. The number of halogens is 3. The van der Waals surface area contributed by atoms with Gasteiger partial charge in [0.1, 0.15) is 0 Å². The molecule has 1 amide bonds. The fraction of sp³-hybridized carbons (Fsp3) is 0.200. The number of rotatable bonds is 6. The summed E-state index contributed by atoms with van der Waals surface area (Å²) in [6.45, 7) is 3.70. The van der Waals surface area contributed by atoms with Crippen molar-refractivity contribution in [2.24, 2.45) is 0 Å². The number of aromatic nitrogens is 5. The van der Waals surface area contributed by atoms with Gasteiger partial charge in [0, 0.05) is 34.8 Å². The molecule has 0 unspecified atom stereocenters. The Labute approximate surface area is 237 Å². The van der Waals surface area contributed by atoms with Crippen LogP contribution >= 0.6 is 0 Å². The predicted molar refractivity (Wildman–Crippen MR) is 151 cm³/mol. The molecule has 12 heteroatoms. The van der Waals surface area contributed by atoms with Crippen molar-refractivity contribution in [3.63, 3.8) is 0 Å². The molecule has 1 saturated carbocycles. The van der Waals surface area contributed by atoms with Crippen molar-refractivity contribution in [1.29, 1.82) is 0 Å². The van der Waals surface area contributed by atoms with Crippen molar-refractivity contribution in [3.05, 3.63) is 106 Å². The molecular weight excluding hydrogens is 547 g/mol. The molecule has 0 radical (unpaired) electrons. The highest BCUT2D eigenvalue weighted by Crippen LogP contribution is 2.43. The Morgan fingerprint density at radius 1 is 0.952 bits per heavy atom.